The van der Waals surface area contributed by atoms with Gasteiger partial charge < -0.3 is 19.9 Å². The Morgan fingerprint density at radius 2 is 1.86 bits per heavy atom. The first-order valence-corrected chi connectivity index (χ1v) is 9.77. The van der Waals surface area contributed by atoms with Gasteiger partial charge >= 0.3 is 0 Å². The summed E-state index contributed by atoms with van der Waals surface area (Å²) in [6.07, 6.45) is 2.09. The van der Waals surface area contributed by atoms with Crippen molar-refractivity contribution in [3.63, 3.8) is 0 Å². The Balaban J connectivity index is 0.00000392. The Morgan fingerprint density at radius 3 is 2.46 bits per heavy atom. The number of ether oxygens (including phenoxy) is 1. The molecule has 0 aliphatic carbocycles. The molecule has 2 rings (SSSR count). The van der Waals surface area contributed by atoms with Crippen LogP contribution in [-0.4, -0.2) is 31.3 Å². The van der Waals surface area contributed by atoms with Crippen LogP contribution in [0.2, 0.25) is 0 Å². The minimum Gasteiger partial charge on any atom is -0.375 e. The highest BCUT2D eigenvalue weighted by Crippen LogP contribution is 2.22. The molecule has 1 unspecified atom stereocenters. The van der Waals surface area contributed by atoms with Crippen molar-refractivity contribution in [2.24, 2.45) is 4.99 Å². The van der Waals surface area contributed by atoms with Crippen molar-refractivity contribution in [1.82, 2.24) is 15.8 Å². The SMILES string of the molecule is CCNC(=NCc1cc(C(CC)CC)no1)NCC(OC)c1ccccc1.I. The minimum absolute atomic E-state index is 0. The molecule has 0 spiro atoms. The number of aromatic nitrogens is 1. The van der Waals surface area contributed by atoms with Crippen molar-refractivity contribution in [2.45, 2.75) is 52.2 Å². The van der Waals surface area contributed by atoms with E-state index in [2.05, 4.69) is 46.8 Å². The Hall–Kier alpha value is -1.61. The molecule has 0 aliphatic rings. The predicted molar refractivity (Wildman–Crippen MR) is 124 cm³/mol. The zero-order chi connectivity index (χ0) is 19.5. The number of nitrogens with zero attached hydrogens (tertiary/aromatic N) is 2. The fourth-order valence-electron chi connectivity index (χ4n) is 3.00. The minimum atomic E-state index is -0.0400. The quantitative estimate of drug-likeness (QED) is 0.283. The Kier molecular flexibility index (Phi) is 11.8. The molecule has 28 heavy (non-hydrogen) atoms. The molecule has 1 heterocycles. The number of methoxy groups -OCH3 is 1. The van der Waals surface area contributed by atoms with Gasteiger partial charge in [0, 0.05) is 32.2 Å². The van der Waals surface area contributed by atoms with Gasteiger partial charge in [0.1, 0.15) is 6.54 Å². The lowest BCUT2D eigenvalue weighted by atomic mass is 9.99. The van der Waals surface area contributed by atoms with E-state index >= 15 is 0 Å². The van der Waals surface area contributed by atoms with Crippen molar-refractivity contribution in [3.8, 4) is 0 Å². The molecule has 0 radical (unpaired) electrons. The molecule has 0 aliphatic heterocycles. The van der Waals surface area contributed by atoms with E-state index in [0.717, 1.165) is 42.4 Å². The number of rotatable bonds is 10. The lowest BCUT2D eigenvalue weighted by Crippen LogP contribution is -2.39. The van der Waals surface area contributed by atoms with Crippen molar-refractivity contribution in [3.05, 3.63) is 53.4 Å². The number of hydrogen-bond acceptors (Lipinski definition) is 4. The second-order valence-electron chi connectivity index (χ2n) is 6.44. The Bertz CT molecular complexity index is 687. The molecule has 0 saturated carbocycles. The van der Waals surface area contributed by atoms with Gasteiger partial charge in [-0.15, -0.1) is 24.0 Å². The van der Waals surface area contributed by atoms with Gasteiger partial charge in [0.2, 0.25) is 0 Å². The van der Waals surface area contributed by atoms with Crippen LogP contribution in [0, 0.1) is 0 Å². The highest BCUT2D eigenvalue weighted by Gasteiger charge is 2.13. The van der Waals surface area contributed by atoms with E-state index in [1.54, 1.807) is 7.11 Å². The second-order valence-corrected chi connectivity index (χ2v) is 6.44. The summed E-state index contributed by atoms with van der Waals surface area (Å²) in [6, 6.07) is 12.2. The fraction of sp³-hybridized carbons (Fsp3) is 0.524. The first kappa shape index (κ1) is 24.4. The summed E-state index contributed by atoms with van der Waals surface area (Å²) < 4.78 is 11.1. The van der Waals surface area contributed by atoms with Crippen molar-refractivity contribution < 1.29 is 9.26 Å². The van der Waals surface area contributed by atoms with E-state index in [1.807, 2.05) is 31.2 Å². The summed E-state index contributed by atoms with van der Waals surface area (Å²) in [6.45, 7) is 8.25. The molecule has 7 heteroatoms. The van der Waals surface area contributed by atoms with Crippen molar-refractivity contribution >= 4 is 29.9 Å². The molecule has 2 aromatic rings. The standard InChI is InChI=1S/C21H32N4O2.HI/c1-5-16(6-2)19-13-18(27-25-19)14-23-21(22-7-3)24-15-20(26-4)17-11-9-8-10-12-17;/h8-13,16,20H,5-7,14-15H2,1-4H3,(H2,22,23,24);1H. The van der Waals surface area contributed by atoms with Crippen LogP contribution in [0.1, 0.15) is 62.7 Å². The van der Waals surface area contributed by atoms with Gasteiger partial charge in [0.25, 0.3) is 0 Å². The molecule has 2 N–H and O–H groups in total. The van der Waals surface area contributed by atoms with Gasteiger partial charge in [-0.25, -0.2) is 4.99 Å². The number of benzene rings is 1. The summed E-state index contributed by atoms with van der Waals surface area (Å²) in [7, 11) is 1.72. The summed E-state index contributed by atoms with van der Waals surface area (Å²) in [5, 5.41) is 10.8. The van der Waals surface area contributed by atoms with Gasteiger partial charge in [-0.2, -0.15) is 0 Å². The highest BCUT2D eigenvalue weighted by atomic mass is 127. The van der Waals surface area contributed by atoms with Crippen LogP contribution in [0.4, 0.5) is 0 Å². The molecule has 1 aromatic carbocycles. The smallest absolute Gasteiger partial charge is 0.191 e. The van der Waals surface area contributed by atoms with Gasteiger partial charge in [0.05, 0.1) is 11.8 Å². The molecule has 0 saturated heterocycles. The molecule has 6 nitrogen and oxygen atoms in total. The summed E-state index contributed by atoms with van der Waals surface area (Å²) >= 11 is 0. The maximum atomic E-state index is 5.61. The highest BCUT2D eigenvalue weighted by molar-refractivity contribution is 14.0. The zero-order valence-electron chi connectivity index (χ0n) is 17.3. The average molecular weight is 500 g/mol. The predicted octanol–water partition coefficient (Wildman–Crippen LogP) is 4.64. The van der Waals surface area contributed by atoms with Crippen LogP contribution in [0.5, 0.6) is 0 Å². The second kappa shape index (κ2) is 13.5. The fourth-order valence-corrected chi connectivity index (χ4v) is 3.00. The third kappa shape index (κ3) is 7.43. The number of nitrogens with one attached hydrogen (secondary N) is 2. The van der Waals surface area contributed by atoms with Gasteiger partial charge in [0.15, 0.2) is 11.7 Å². The van der Waals surface area contributed by atoms with E-state index in [4.69, 9.17) is 9.26 Å². The number of aliphatic imine (C=N–C) groups is 1. The third-order valence-corrected chi connectivity index (χ3v) is 4.63. The average Bonchev–Trinajstić information content (AvgIpc) is 3.17. The van der Waals surface area contributed by atoms with Crippen LogP contribution < -0.4 is 10.6 Å². The molecule has 0 fully saturated rings. The van der Waals surface area contributed by atoms with Crippen LogP contribution in [0.15, 0.2) is 45.9 Å². The van der Waals surface area contributed by atoms with Gasteiger partial charge in [-0.1, -0.05) is 49.3 Å². The van der Waals surface area contributed by atoms with Crippen LogP contribution in [0.25, 0.3) is 0 Å². The number of halogens is 1. The van der Waals surface area contributed by atoms with E-state index < -0.39 is 0 Å². The van der Waals surface area contributed by atoms with Crippen molar-refractivity contribution in [2.75, 3.05) is 20.2 Å². The first-order valence-electron chi connectivity index (χ1n) is 9.77. The van der Waals surface area contributed by atoms with E-state index in [9.17, 15) is 0 Å². The van der Waals surface area contributed by atoms with Crippen LogP contribution in [0.3, 0.4) is 0 Å². The molecule has 0 amide bonds. The maximum absolute atomic E-state index is 5.61. The van der Waals surface area contributed by atoms with Crippen LogP contribution in [-0.2, 0) is 11.3 Å². The van der Waals surface area contributed by atoms with Gasteiger partial charge in [-0.05, 0) is 25.3 Å². The van der Waals surface area contributed by atoms with E-state index in [1.165, 1.54) is 0 Å². The zero-order valence-corrected chi connectivity index (χ0v) is 19.6. The molecular weight excluding hydrogens is 467 g/mol. The summed E-state index contributed by atoms with van der Waals surface area (Å²) in [5.74, 6) is 1.96. The van der Waals surface area contributed by atoms with E-state index in [-0.39, 0.29) is 30.1 Å². The molecular formula is C21H33IN4O2. The van der Waals surface area contributed by atoms with E-state index in [0.29, 0.717) is 19.0 Å². The normalized spacial score (nSPS) is 12.5. The lowest BCUT2D eigenvalue weighted by Gasteiger charge is -2.18. The monoisotopic (exact) mass is 500 g/mol. The summed E-state index contributed by atoms with van der Waals surface area (Å²) in [5.41, 5.74) is 2.15. The third-order valence-electron chi connectivity index (χ3n) is 4.63. The number of guanidine groups is 1. The molecule has 0 bridgehead atoms. The summed E-state index contributed by atoms with van der Waals surface area (Å²) in [4.78, 5) is 4.61. The lowest BCUT2D eigenvalue weighted by molar-refractivity contribution is 0.106. The molecule has 1 atom stereocenters. The first-order chi connectivity index (χ1) is 13.2. The Labute approximate surface area is 185 Å². The molecule has 156 valence electrons. The largest absolute Gasteiger partial charge is 0.375 e. The molecule has 1 aromatic heterocycles. The maximum Gasteiger partial charge on any atom is 0.191 e. The van der Waals surface area contributed by atoms with Crippen molar-refractivity contribution in [1.29, 1.82) is 0 Å². The topological polar surface area (TPSA) is 71.7 Å². The van der Waals surface area contributed by atoms with Crippen LogP contribution >= 0.6 is 24.0 Å². The Morgan fingerprint density at radius 1 is 1.14 bits per heavy atom. The number of hydrogen-bond donors (Lipinski definition) is 2. The van der Waals surface area contributed by atoms with Gasteiger partial charge in [-0.3, -0.25) is 0 Å².